The Labute approximate surface area is 201 Å². The normalized spacial score (nSPS) is 19.3. The van der Waals surface area contributed by atoms with Gasteiger partial charge in [-0.15, -0.1) is 0 Å². The lowest BCUT2D eigenvalue weighted by molar-refractivity contribution is 0.645. The molecule has 34 heavy (non-hydrogen) atoms. The molecular formula is C32H30N2. The highest BCUT2D eigenvalue weighted by Gasteiger charge is 2.39. The Morgan fingerprint density at radius 2 is 1.32 bits per heavy atom. The molecule has 0 unspecified atom stereocenters. The Morgan fingerprint density at radius 3 is 2.03 bits per heavy atom. The zero-order valence-corrected chi connectivity index (χ0v) is 20.6. The van der Waals surface area contributed by atoms with Crippen LogP contribution in [-0.2, 0) is 10.8 Å². The molecule has 0 aromatic heterocycles. The van der Waals surface area contributed by atoms with Crippen LogP contribution in [0.3, 0.4) is 0 Å². The highest BCUT2D eigenvalue weighted by atomic mass is 15.2. The quantitative estimate of drug-likeness (QED) is 0.305. The highest BCUT2D eigenvalue weighted by molar-refractivity contribution is 6.12. The number of hydrogen-bond acceptors (Lipinski definition) is 2. The number of rotatable bonds is 2. The number of hydrogen-bond donors (Lipinski definition) is 0. The second-order valence-electron chi connectivity index (χ2n) is 10.6. The minimum Gasteiger partial charge on any atom is -0.347 e. The molecule has 0 radical (unpaired) electrons. The number of benzene rings is 4. The van der Waals surface area contributed by atoms with Crippen LogP contribution < -0.4 is 4.90 Å². The van der Waals surface area contributed by atoms with E-state index in [-0.39, 0.29) is 10.8 Å². The molecule has 2 nitrogen and oxygen atoms in total. The van der Waals surface area contributed by atoms with E-state index in [2.05, 4.69) is 131 Å². The largest absolute Gasteiger partial charge is 0.347 e. The summed E-state index contributed by atoms with van der Waals surface area (Å²) in [5, 5.41) is 5.21. The molecule has 4 aromatic rings. The molecule has 2 heterocycles. The van der Waals surface area contributed by atoms with Crippen molar-refractivity contribution < 1.29 is 0 Å². The standard InChI is InChI=1S/C32H30N2/c1-31(2)27(33-25-19-17-21-11-6-8-13-23(21)29(25)31)15-10-16-28-32(3,4)30-24-14-9-7-12-22(24)18-20-26(30)34(28)5/h6-20H,1-5H3/b15-10+,28-16-. The van der Waals surface area contributed by atoms with Gasteiger partial charge in [0.2, 0.25) is 0 Å². The predicted molar refractivity (Wildman–Crippen MR) is 147 cm³/mol. The van der Waals surface area contributed by atoms with Crippen molar-refractivity contribution in [3.05, 3.63) is 108 Å². The van der Waals surface area contributed by atoms with Gasteiger partial charge in [-0.25, -0.2) is 0 Å². The molecule has 2 aliphatic rings. The van der Waals surface area contributed by atoms with Crippen molar-refractivity contribution in [1.82, 2.24) is 0 Å². The lowest BCUT2D eigenvalue weighted by Gasteiger charge is -2.24. The summed E-state index contributed by atoms with van der Waals surface area (Å²) in [5.74, 6) is 0. The van der Waals surface area contributed by atoms with Gasteiger partial charge in [0.05, 0.1) is 11.4 Å². The third-order valence-electron chi connectivity index (χ3n) is 7.82. The zero-order chi connectivity index (χ0) is 23.7. The Kier molecular flexibility index (Phi) is 4.41. The number of fused-ring (bicyclic) bond motifs is 6. The molecule has 0 amide bonds. The molecule has 0 bridgehead atoms. The van der Waals surface area contributed by atoms with E-state index in [1.165, 1.54) is 44.1 Å². The van der Waals surface area contributed by atoms with Crippen LogP contribution in [-0.4, -0.2) is 12.8 Å². The maximum absolute atomic E-state index is 5.04. The van der Waals surface area contributed by atoms with Gasteiger partial charge in [0.15, 0.2) is 0 Å². The predicted octanol–water partition coefficient (Wildman–Crippen LogP) is 8.22. The van der Waals surface area contributed by atoms with Crippen LogP contribution in [0.4, 0.5) is 11.4 Å². The van der Waals surface area contributed by atoms with Crippen LogP contribution in [0.1, 0.15) is 38.8 Å². The summed E-state index contributed by atoms with van der Waals surface area (Å²) >= 11 is 0. The van der Waals surface area contributed by atoms with Crippen molar-refractivity contribution in [3.8, 4) is 0 Å². The van der Waals surface area contributed by atoms with E-state index >= 15 is 0 Å². The molecule has 2 aliphatic heterocycles. The Balaban J connectivity index is 1.38. The Hall–Kier alpha value is -3.65. The summed E-state index contributed by atoms with van der Waals surface area (Å²) in [6.45, 7) is 9.24. The Morgan fingerprint density at radius 1 is 0.706 bits per heavy atom. The molecule has 0 saturated carbocycles. The number of anilines is 1. The molecule has 6 rings (SSSR count). The highest BCUT2D eigenvalue weighted by Crippen LogP contribution is 2.50. The maximum Gasteiger partial charge on any atom is 0.0681 e. The van der Waals surface area contributed by atoms with Gasteiger partial charge in [0.1, 0.15) is 0 Å². The summed E-state index contributed by atoms with van der Waals surface area (Å²) in [6.07, 6.45) is 6.66. The monoisotopic (exact) mass is 442 g/mol. The first-order valence-electron chi connectivity index (χ1n) is 12.1. The topological polar surface area (TPSA) is 15.6 Å². The average molecular weight is 443 g/mol. The van der Waals surface area contributed by atoms with E-state index in [1.807, 2.05) is 0 Å². The first-order chi connectivity index (χ1) is 16.3. The van der Waals surface area contributed by atoms with E-state index < -0.39 is 0 Å². The number of nitrogens with zero attached hydrogens (tertiary/aromatic N) is 2. The van der Waals surface area contributed by atoms with Crippen LogP contribution in [0.2, 0.25) is 0 Å². The third kappa shape index (κ3) is 2.84. The van der Waals surface area contributed by atoms with Gasteiger partial charge in [-0.1, -0.05) is 94.4 Å². The number of allylic oxidation sites excluding steroid dienone is 4. The molecule has 0 saturated heterocycles. The summed E-state index contributed by atoms with van der Waals surface area (Å²) in [4.78, 5) is 7.38. The van der Waals surface area contributed by atoms with E-state index in [1.54, 1.807) is 0 Å². The number of aliphatic imine (C=N–C) groups is 1. The van der Waals surface area contributed by atoms with E-state index in [4.69, 9.17) is 4.99 Å². The van der Waals surface area contributed by atoms with Crippen LogP contribution in [0, 0.1) is 0 Å². The fourth-order valence-electron chi connectivity index (χ4n) is 6.08. The average Bonchev–Trinajstić information content (AvgIpc) is 3.20. The van der Waals surface area contributed by atoms with Gasteiger partial charge >= 0.3 is 0 Å². The van der Waals surface area contributed by atoms with Crippen LogP contribution >= 0.6 is 0 Å². The van der Waals surface area contributed by atoms with Gasteiger partial charge in [-0.05, 0) is 57.0 Å². The lowest BCUT2D eigenvalue weighted by atomic mass is 9.79. The fraction of sp³-hybridized carbons (Fsp3) is 0.219. The van der Waals surface area contributed by atoms with Crippen molar-refractivity contribution in [2.24, 2.45) is 4.99 Å². The first kappa shape index (κ1) is 20.9. The molecule has 0 spiro atoms. The van der Waals surface area contributed by atoms with Crippen molar-refractivity contribution in [1.29, 1.82) is 0 Å². The second-order valence-corrected chi connectivity index (χ2v) is 10.6. The smallest absolute Gasteiger partial charge is 0.0681 e. The van der Waals surface area contributed by atoms with Gasteiger partial charge in [-0.3, -0.25) is 4.99 Å². The zero-order valence-electron chi connectivity index (χ0n) is 20.6. The Bertz CT molecular complexity index is 1560. The molecule has 0 fully saturated rings. The van der Waals surface area contributed by atoms with E-state index in [0.717, 1.165) is 11.4 Å². The first-order valence-corrected chi connectivity index (χ1v) is 12.1. The van der Waals surface area contributed by atoms with Gasteiger partial charge in [-0.2, -0.15) is 0 Å². The van der Waals surface area contributed by atoms with Crippen molar-refractivity contribution >= 4 is 38.6 Å². The minimum atomic E-state index is -0.137. The lowest BCUT2D eigenvalue weighted by Crippen LogP contribution is -2.24. The summed E-state index contributed by atoms with van der Waals surface area (Å²) in [6, 6.07) is 26.2. The van der Waals surface area contributed by atoms with Crippen molar-refractivity contribution in [3.63, 3.8) is 0 Å². The van der Waals surface area contributed by atoms with Crippen LogP contribution in [0.15, 0.2) is 102 Å². The molecule has 0 aliphatic carbocycles. The molecule has 168 valence electrons. The van der Waals surface area contributed by atoms with Gasteiger partial charge < -0.3 is 4.90 Å². The van der Waals surface area contributed by atoms with E-state index in [0.29, 0.717) is 0 Å². The summed E-state index contributed by atoms with van der Waals surface area (Å²) in [7, 11) is 2.18. The van der Waals surface area contributed by atoms with Gasteiger partial charge in [0.25, 0.3) is 0 Å². The summed E-state index contributed by atoms with van der Waals surface area (Å²) in [5.41, 5.74) is 7.31. The molecular weight excluding hydrogens is 412 g/mol. The van der Waals surface area contributed by atoms with Crippen molar-refractivity contribution in [2.45, 2.75) is 38.5 Å². The summed E-state index contributed by atoms with van der Waals surface area (Å²) < 4.78 is 0. The van der Waals surface area contributed by atoms with Crippen LogP contribution in [0.25, 0.3) is 21.5 Å². The maximum atomic E-state index is 5.04. The fourth-order valence-corrected chi connectivity index (χ4v) is 6.08. The molecule has 2 heteroatoms. The van der Waals surface area contributed by atoms with Crippen LogP contribution in [0.5, 0.6) is 0 Å². The third-order valence-corrected chi connectivity index (χ3v) is 7.82. The molecule has 4 aromatic carbocycles. The second kappa shape index (κ2) is 7.17. The van der Waals surface area contributed by atoms with E-state index in [9.17, 15) is 0 Å². The molecule has 0 atom stereocenters. The van der Waals surface area contributed by atoms with Crippen molar-refractivity contribution in [2.75, 3.05) is 11.9 Å². The minimum absolute atomic E-state index is 0.0819. The van der Waals surface area contributed by atoms with Gasteiger partial charge in [0, 0.05) is 29.3 Å². The number of likely N-dealkylation sites (N-methyl/N-ethyl adjacent to an activating group) is 1. The SMILES string of the molecule is CN1/C(=C\C=C\C2=Nc3ccc4ccccc4c3C2(C)C)C(C)(C)c2c1ccc1ccccc21. The molecule has 0 N–H and O–H groups in total.